The molecular formula is C26H32N8O2S. The number of anilines is 2. The fourth-order valence-corrected chi connectivity index (χ4v) is 4.46. The van der Waals surface area contributed by atoms with E-state index in [1.54, 1.807) is 29.5 Å². The molecule has 0 fully saturated rings. The minimum Gasteiger partial charge on any atom is -0.390 e. The number of thiazole rings is 1. The summed E-state index contributed by atoms with van der Waals surface area (Å²) in [5.74, 6) is 0.313. The second kappa shape index (κ2) is 11.2. The van der Waals surface area contributed by atoms with Gasteiger partial charge in [-0.2, -0.15) is 5.10 Å². The average Bonchev–Trinajstić information content (AvgIpc) is 3.53. The number of aromatic nitrogens is 5. The predicted octanol–water partition coefficient (Wildman–Crippen LogP) is 3.40. The van der Waals surface area contributed by atoms with Crippen molar-refractivity contribution >= 4 is 28.9 Å². The molecule has 0 bridgehead atoms. The zero-order chi connectivity index (χ0) is 26.6. The number of aliphatic hydroxyl groups excluding tert-OH is 1. The van der Waals surface area contributed by atoms with Crippen LogP contribution in [0.5, 0.6) is 0 Å². The van der Waals surface area contributed by atoms with Gasteiger partial charge in [-0.05, 0) is 30.2 Å². The van der Waals surface area contributed by atoms with Crippen molar-refractivity contribution in [3.05, 3.63) is 70.1 Å². The van der Waals surface area contributed by atoms with E-state index in [0.29, 0.717) is 29.6 Å². The second-order valence-corrected chi connectivity index (χ2v) is 10.9. The minimum atomic E-state index is -0.652. The van der Waals surface area contributed by atoms with Crippen molar-refractivity contribution in [3.8, 4) is 11.3 Å². The zero-order valence-corrected chi connectivity index (χ0v) is 22.2. The Hall–Kier alpha value is -3.67. The monoisotopic (exact) mass is 520 g/mol. The summed E-state index contributed by atoms with van der Waals surface area (Å²) in [6.45, 7) is 9.17. The van der Waals surface area contributed by atoms with Crippen molar-refractivity contribution in [2.75, 3.05) is 11.9 Å². The Morgan fingerprint density at radius 1 is 1.22 bits per heavy atom. The van der Waals surface area contributed by atoms with Crippen LogP contribution >= 0.6 is 11.3 Å². The van der Waals surface area contributed by atoms with Crippen molar-refractivity contribution in [2.24, 2.45) is 5.73 Å². The summed E-state index contributed by atoms with van der Waals surface area (Å²) in [6, 6.07) is 7.88. The Morgan fingerprint density at radius 2 is 2.03 bits per heavy atom. The summed E-state index contributed by atoms with van der Waals surface area (Å²) in [7, 11) is 0. The number of amides is 1. The zero-order valence-electron chi connectivity index (χ0n) is 21.4. The van der Waals surface area contributed by atoms with E-state index in [9.17, 15) is 9.90 Å². The number of rotatable bonds is 9. The van der Waals surface area contributed by atoms with Crippen LogP contribution in [0.1, 0.15) is 46.6 Å². The maximum absolute atomic E-state index is 12.6. The summed E-state index contributed by atoms with van der Waals surface area (Å²) >= 11 is 1.43. The Kier molecular flexibility index (Phi) is 7.96. The van der Waals surface area contributed by atoms with Crippen molar-refractivity contribution in [2.45, 2.75) is 52.3 Å². The number of benzene rings is 1. The molecule has 0 aliphatic heterocycles. The van der Waals surface area contributed by atoms with Gasteiger partial charge in [-0.15, -0.1) is 11.3 Å². The molecule has 0 unspecified atom stereocenters. The number of hydrogen-bond donors (Lipinski definition) is 4. The van der Waals surface area contributed by atoms with E-state index in [4.69, 9.17) is 5.73 Å². The molecule has 37 heavy (non-hydrogen) atoms. The lowest BCUT2D eigenvalue weighted by Gasteiger charge is -2.13. The van der Waals surface area contributed by atoms with Gasteiger partial charge in [0.2, 0.25) is 5.95 Å². The topological polar surface area (TPSA) is 144 Å². The number of carbonyl (C=O) groups excluding carboxylic acids is 1. The molecule has 1 aromatic carbocycles. The fraction of sp³-hybridized carbons (Fsp3) is 0.346. The van der Waals surface area contributed by atoms with E-state index in [0.717, 1.165) is 27.4 Å². The number of aryl methyl sites for hydroxylation is 1. The molecule has 0 radical (unpaired) electrons. The lowest BCUT2D eigenvalue weighted by molar-refractivity contribution is 0.0954. The SMILES string of the molecule is Cc1cc(-c2ccnc(Nc3cnn(C[C@H](O)CN)c3)n2)ccc1CNC(=O)c1cnc(C(C)(C)C)s1. The smallest absolute Gasteiger partial charge is 0.263 e. The van der Waals surface area contributed by atoms with E-state index in [2.05, 4.69) is 51.5 Å². The highest BCUT2D eigenvalue weighted by Crippen LogP contribution is 2.27. The van der Waals surface area contributed by atoms with Gasteiger partial charge in [0, 0.05) is 36.5 Å². The first-order chi connectivity index (χ1) is 17.6. The van der Waals surface area contributed by atoms with Crippen LogP contribution in [0.2, 0.25) is 0 Å². The lowest BCUT2D eigenvalue weighted by atomic mass is 9.98. The molecule has 194 valence electrons. The molecule has 10 nitrogen and oxygen atoms in total. The third kappa shape index (κ3) is 6.76. The van der Waals surface area contributed by atoms with Crippen LogP contribution in [0.4, 0.5) is 11.6 Å². The van der Waals surface area contributed by atoms with Crippen LogP contribution in [0.25, 0.3) is 11.3 Å². The highest BCUT2D eigenvalue weighted by Gasteiger charge is 2.20. The van der Waals surface area contributed by atoms with E-state index in [-0.39, 0.29) is 17.9 Å². The first-order valence-electron chi connectivity index (χ1n) is 12.0. The standard InChI is InChI=1S/C26H32N8O2S/c1-16-9-17(5-6-18(16)11-29-23(36)22-13-30-24(37-22)26(2,3)4)21-7-8-28-25(33-21)32-19-12-31-34(14-19)15-20(35)10-27/h5-9,12-14,20,35H,10-11,15,27H2,1-4H3,(H,29,36)(H,28,32,33)/t20-/m1/s1. The largest absolute Gasteiger partial charge is 0.390 e. The predicted molar refractivity (Wildman–Crippen MR) is 145 cm³/mol. The molecule has 4 aromatic rings. The summed E-state index contributed by atoms with van der Waals surface area (Å²) in [6.07, 6.45) is 6.09. The van der Waals surface area contributed by atoms with E-state index < -0.39 is 6.10 Å². The third-order valence-corrected chi connectivity index (χ3v) is 7.09. The fourth-order valence-electron chi connectivity index (χ4n) is 3.57. The van der Waals surface area contributed by atoms with Crippen molar-refractivity contribution in [1.29, 1.82) is 0 Å². The summed E-state index contributed by atoms with van der Waals surface area (Å²) in [5.41, 5.74) is 9.87. The molecule has 1 atom stereocenters. The van der Waals surface area contributed by atoms with Gasteiger partial charge in [0.25, 0.3) is 5.91 Å². The Bertz CT molecular complexity index is 1370. The Morgan fingerprint density at radius 3 is 2.73 bits per heavy atom. The third-order valence-electron chi connectivity index (χ3n) is 5.66. The number of nitrogens with one attached hydrogen (secondary N) is 2. The highest BCUT2D eigenvalue weighted by molar-refractivity contribution is 7.13. The van der Waals surface area contributed by atoms with Gasteiger partial charge in [0.1, 0.15) is 4.88 Å². The Balaban J connectivity index is 1.40. The van der Waals surface area contributed by atoms with Crippen LogP contribution in [0, 0.1) is 6.92 Å². The van der Waals surface area contributed by atoms with Crippen LogP contribution in [-0.4, -0.2) is 48.4 Å². The molecule has 4 rings (SSSR count). The molecule has 0 aliphatic carbocycles. The van der Waals surface area contributed by atoms with Gasteiger partial charge in [0.15, 0.2) is 0 Å². The number of carbonyl (C=O) groups is 1. The van der Waals surface area contributed by atoms with E-state index in [1.165, 1.54) is 11.3 Å². The number of nitrogens with two attached hydrogens (primary N) is 1. The van der Waals surface area contributed by atoms with E-state index >= 15 is 0 Å². The van der Waals surface area contributed by atoms with Crippen molar-refractivity contribution in [1.82, 2.24) is 30.0 Å². The summed E-state index contributed by atoms with van der Waals surface area (Å²) in [5, 5.41) is 21.0. The maximum Gasteiger partial charge on any atom is 0.263 e. The first kappa shape index (κ1) is 26.4. The number of hydrogen-bond acceptors (Lipinski definition) is 9. The average molecular weight is 521 g/mol. The first-order valence-corrected chi connectivity index (χ1v) is 12.8. The highest BCUT2D eigenvalue weighted by atomic mass is 32.1. The van der Waals surface area contributed by atoms with Gasteiger partial charge >= 0.3 is 0 Å². The molecule has 0 spiro atoms. The van der Waals surface area contributed by atoms with Gasteiger partial charge in [-0.25, -0.2) is 15.0 Å². The molecule has 0 saturated carbocycles. The van der Waals surface area contributed by atoms with Crippen LogP contribution in [0.15, 0.2) is 49.1 Å². The van der Waals surface area contributed by atoms with Crippen LogP contribution in [0.3, 0.4) is 0 Å². The van der Waals surface area contributed by atoms with Crippen molar-refractivity contribution < 1.29 is 9.90 Å². The maximum atomic E-state index is 12.6. The summed E-state index contributed by atoms with van der Waals surface area (Å²) in [4.78, 5) is 26.6. The molecule has 11 heteroatoms. The molecule has 0 saturated heterocycles. The van der Waals surface area contributed by atoms with E-state index in [1.807, 2.05) is 31.2 Å². The molecule has 3 heterocycles. The minimum absolute atomic E-state index is 0.0813. The van der Waals surface area contributed by atoms with Crippen molar-refractivity contribution in [3.63, 3.8) is 0 Å². The van der Waals surface area contributed by atoms with Gasteiger partial charge in [-0.1, -0.05) is 32.9 Å². The Labute approximate surface area is 220 Å². The van der Waals surface area contributed by atoms with Crippen LogP contribution in [-0.2, 0) is 18.5 Å². The van der Waals surface area contributed by atoms with Gasteiger partial charge in [-0.3, -0.25) is 9.48 Å². The van der Waals surface area contributed by atoms with Crippen LogP contribution < -0.4 is 16.4 Å². The number of nitrogens with zero attached hydrogens (tertiary/aromatic N) is 5. The molecule has 1 amide bonds. The molecular weight excluding hydrogens is 488 g/mol. The lowest BCUT2D eigenvalue weighted by Crippen LogP contribution is -2.25. The second-order valence-electron chi connectivity index (χ2n) is 9.83. The normalized spacial score (nSPS) is 12.4. The molecule has 3 aromatic heterocycles. The molecule has 5 N–H and O–H groups in total. The number of aliphatic hydroxyl groups is 1. The quantitative estimate of drug-likeness (QED) is 0.263. The van der Waals surface area contributed by atoms with Gasteiger partial charge < -0.3 is 21.5 Å². The van der Waals surface area contributed by atoms with Gasteiger partial charge in [0.05, 0.1) is 41.4 Å². The summed E-state index contributed by atoms with van der Waals surface area (Å²) < 4.78 is 1.61. The molecule has 0 aliphatic rings.